The van der Waals surface area contributed by atoms with Gasteiger partial charge in [0.15, 0.2) is 5.11 Å². The van der Waals surface area contributed by atoms with Gasteiger partial charge in [-0.1, -0.05) is 13.8 Å². The number of anilines is 1. The lowest BCUT2D eigenvalue weighted by Gasteiger charge is -2.41. The zero-order valence-electron chi connectivity index (χ0n) is 14.8. The Morgan fingerprint density at radius 2 is 2.12 bits per heavy atom. The Hall–Kier alpha value is -1.80. The Labute approximate surface area is 152 Å². The van der Waals surface area contributed by atoms with Crippen LogP contribution < -0.4 is 16.1 Å². The maximum atomic E-state index is 14.5. The topological polar surface area (TPSA) is 56.9 Å². The van der Waals surface area contributed by atoms with Gasteiger partial charge < -0.3 is 10.6 Å². The molecule has 0 bridgehead atoms. The van der Waals surface area contributed by atoms with E-state index in [1.807, 2.05) is 4.90 Å². The molecule has 138 valence electrons. The maximum Gasteiger partial charge on any atom is 0.184 e. The lowest BCUT2D eigenvalue weighted by atomic mass is 10.00. The highest BCUT2D eigenvalue weighted by atomic mass is 32.1. The van der Waals surface area contributed by atoms with Crippen LogP contribution in [0, 0.1) is 17.6 Å². The van der Waals surface area contributed by atoms with Crippen molar-refractivity contribution in [1.82, 2.24) is 10.3 Å². The van der Waals surface area contributed by atoms with E-state index < -0.39 is 11.6 Å². The first-order chi connectivity index (χ1) is 11.8. The van der Waals surface area contributed by atoms with Gasteiger partial charge in [-0.25, -0.2) is 8.78 Å². The second-order valence-electron chi connectivity index (χ2n) is 6.77. The smallest absolute Gasteiger partial charge is 0.184 e. The van der Waals surface area contributed by atoms with Crippen LogP contribution in [0.1, 0.15) is 25.8 Å². The fourth-order valence-electron chi connectivity index (χ4n) is 3.02. The maximum absolute atomic E-state index is 14.5. The molecule has 0 aromatic heterocycles. The van der Waals surface area contributed by atoms with E-state index in [4.69, 9.17) is 5.73 Å². The van der Waals surface area contributed by atoms with Crippen LogP contribution in [0.2, 0.25) is 0 Å². The first kappa shape index (κ1) is 19.5. The van der Waals surface area contributed by atoms with Crippen LogP contribution in [0.15, 0.2) is 17.2 Å². The molecule has 1 saturated heterocycles. The third-order valence-corrected chi connectivity index (χ3v) is 4.40. The summed E-state index contributed by atoms with van der Waals surface area (Å²) in [6, 6.07) is 2.70. The zero-order chi connectivity index (χ0) is 18.6. The molecule has 1 fully saturated rings. The summed E-state index contributed by atoms with van der Waals surface area (Å²) in [7, 11) is 2.08. The molecule has 8 heteroatoms. The first-order valence-corrected chi connectivity index (χ1v) is 8.71. The molecule has 0 amide bonds. The van der Waals surface area contributed by atoms with Gasteiger partial charge >= 0.3 is 0 Å². The van der Waals surface area contributed by atoms with Gasteiger partial charge in [0, 0.05) is 37.3 Å². The summed E-state index contributed by atoms with van der Waals surface area (Å²) < 4.78 is 28.8. The Morgan fingerprint density at radius 3 is 2.76 bits per heavy atom. The van der Waals surface area contributed by atoms with Crippen molar-refractivity contribution in [3.05, 3.63) is 29.3 Å². The highest BCUT2D eigenvalue weighted by Crippen LogP contribution is 2.26. The number of hydrogen-bond acceptors (Lipinski definition) is 4. The Morgan fingerprint density at radius 1 is 1.40 bits per heavy atom. The number of nitrogens with zero attached hydrogens (tertiary/aromatic N) is 3. The summed E-state index contributed by atoms with van der Waals surface area (Å²) in [6.45, 7) is 6.50. The predicted molar refractivity (Wildman–Crippen MR) is 102 cm³/mol. The van der Waals surface area contributed by atoms with E-state index in [-0.39, 0.29) is 10.7 Å². The number of likely N-dealkylation sites (N-methyl/N-ethyl adjacent to an activating group) is 1. The molecule has 3 N–H and O–H groups in total. The number of nitrogens with one attached hydrogen (secondary N) is 1. The van der Waals surface area contributed by atoms with Gasteiger partial charge in [-0.3, -0.25) is 10.3 Å². The largest absolute Gasteiger partial charge is 0.375 e. The van der Waals surface area contributed by atoms with Crippen molar-refractivity contribution in [3.8, 4) is 0 Å². The highest BCUT2D eigenvalue weighted by Gasteiger charge is 2.27. The van der Waals surface area contributed by atoms with Crippen LogP contribution in [0.3, 0.4) is 0 Å². The van der Waals surface area contributed by atoms with Crippen LogP contribution in [0.25, 0.3) is 0 Å². The number of rotatable bonds is 5. The van der Waals surface area contributed by atoms with E-state index in [9.17, 15) is 8.78 Å². The second-order valence-corrected chi connectivity index (χ2v) is 7.21. The molecule has 0 saturated carbocycles. The van der Waals surface area contributed by atoms with Crippen molar-refractivity contribution in [3.63, 3.8) is 0 Å². The summed E-state index contributed by atoms with van der Waals surface area (Å²) in [4.78, 5) is 4.20. The van der Waals surface area contributed by atoms with Crippen LogP contribution in [0.4, 0.5) is 14.5 Å². The molecule has 2 rings (SSSR count). The van der Waals surface area contributed by atoms with E-state index in [1.165, 1.54) is 6.07 Å². The lowest BCUT2D eigenvalue weighted by Crippen LogP contribution is -2.52. The van der Waals surface area contributed by atoms with Gasteiger partial charge in [-0.05, 0) is 37.7 Å². The van der Waals surface area contributed by atoms with Crippen molar-refractivity contribution < 1.29 is 8.78 Å². The third kappa shape index (κ3) is 5.34. The van der Waals surface area contributed by atoms with E-state index in [0.717, 1.165) is 25.2 Å². The number of piperazine rings is 1. The van der Waals surface area contributed by atoms with E-state index in [0.29, 0.717) is 30.7 Å². The van der Waals surface area contributed by atoms with Gasteiger partial charge in [0.2, 0.25) is 0 Å². The number of nitrogens with two attached hydrogens (primary N) is 1. The van der Waals surface area contributed by atoms with Crippen molar-refractivity contribution in [2.45, 2.75) is 26.3 Å². The van der Waals surface area contributed by atoms with Gasteiger partial charge in [-0.15, -0.1) is 0 Å². The molecule has 0 aliphatic carbocycles. The molecule has 25 heavy (non-hydrogen) atoms. The molecule has 1 aromatic rings. The lowest BCUT2D eigenvalue weighted by molar-refractivity contribution is 0.192. The molecule has 1 heterocycles. The summed E-state index contributed by atoms with van der Waals surface area (Å²) >= 11 is 4.60. The van der Waals surface area contributed by atoms with E-state index in [2.05, 4.69) is 48.5 Å². The summed E-state index contributed by atoms with van der Waals surface area (Å²) in [6.07, 6.45) is 2.18. The van der Waals surface area contributed by atoms with Crippen molar-refractivity contribution in [1.29, 1.82) is 0 Å². The minimum atomic E-state index is -0.538. The van der Waals surface area contributed by atoms with Crippen LogP contribution in [-0.2, 0) is 0 Å². The fraction of sp³-hybridized carbons (Fsp3) is 0.529. The number of hydrazone groups is 1. The molecule has 5 nitrogen and oxygen atoms in total. The average molecular weight is 369 g/mol. The van der Waals surface area contributed by atoms with E-state index in [1.54, 1.807) is 0 Å². The Bertz CT molecular complexity index is 650. The number of benzene rings is 1. The monoisotopic (exact) mass is 369 g/mol. The molecule has 0 unspecified atom stereocenters. The quantitative estimate of drug-likeness (QED) is 0.474. The van der Waals surface area contributed by atoms with Crippen LogP contribution >= 0.6 is 12.2 Å². The molecule has 1 aliphatic heterocycles. The van der Waals surface area contributed by atoms with Crippen molar-refractivity contribution >= 4 is 29.2 Å². The first-order valence-electron chi connectivity index (χ1n) is 8.30. The molecule has 1 aromatic carbocycles. The minimum absolute atomic E-state index is 0.0395. The molecule has 0 radical (unpaired) electrons. The van der Waals surface area contributed by atoms with Gasteiger partial charge in [0.1, 0.15) is 11.6 Å². The normalized spacial score (nSPS) is 19.0. The average Bonchev–Trinajstić information content (AvgIpc) is 2.52. The van der Waals surface area contributed by atoms with Gasteiger partial charge in [-0.2, -0.15) is 5.10 Å². The van der Waals surface area contributed by atoms with Crippen LogP contribution in [-0.4, -0.2) is 49.0 Å². The number of halogens is 2. The summed E-state index contributed by atoms with van der Waals surface area (Å²) in [5, 5.41) is 3.63. The van der Waals surface area contributed by atoms with Crippen molar-refractivity contribution in [2.24, 2.45) is 16.8 Å². The molecule has 0 spiro atoms. The second kappa shape index (κ2) is 8.53. The molecule has 1 aliphatic rings. The van der Waals surface area contributed by atoms with Gasteiger partial charge in [0.25, 0.3) is 0 Å². The predicted octanol–water partition coefficient (Wildman–Crippen LogP) is 2.30. The van der Waals surface area contributed by atoms with Gasteiger partial charge in [0.05, 0.1) is 11.9 Å². The molecular weight excluding hydrogens is 344 g/mol. The summed E-state index contributed by atoms with van der Waals surface area (Å²) in [5.74, 6) is -0.455. The standard InChI is InChI=1S/C17H25F2N5S/c1-11(2)6-13-10-24(5-4-23(13)3)16-8-14(18)12(7-15(16)19)9-21-22-17(20)25/h7-9,11,13H,4-6,10H2,1-3H3,(H3,20,22,25)/t13-/m0/s1. The highest BCUT2D eigenvalue weighted by molar-refractivity contribution is 7.80. The molecule has 1 atom stereocenters. The van der Waals surface area contributed by atoms with Crippen LogP contribution in [0.5, 0.6) is 0 Å². The number of thiocarbonyl (C=S) groups is 1. The molecular formula is C17H25F2N5S. The Balaban J connectivity index is 2.17. The summed E-state index contributed by atoms with van der Waals surface area (Å²) in [5.41, 5.74) is 7.88. The minimum Gasteiger partial charge on any atom is -0.375 e. The Kier molecular flexibility index (Phi) is 6.66. The van der Waals surface area contributed by atoms with Crippen molar-refractivity contribution in [2.75, 3.05) is 31.6 Å². The zero-order valence-corrected chi connectivity index (χ0v) is 15.6. The fourth-order valence-corrected chi connectivity index (χ4v) is 3.07. The van der Waals surface area contributed by atoms with E-state index >= 15 is 0 Å². The number of hydrogen-bond donors (Lipinski definition) is 2. The SMILES string of the molecule is CC(C)C[C@H]1CN(c2cc(F)c(C=NNC(N)=S)cc2F)CCN1C. The third-order valence-electron chi connectivity index (χ3n) is 4.31.